The SMILES string of the molecule is CCOC(=O)Cc1csc(=S)n1CN1CCC(c2nc3ccccc3s2)CC1. The van der Waals surface area contributed by atoms with Crippen LogP contribution in [0.4, 0.5) is 0 Å². The lowest BCUT2D eigenvalue weighted by molar-refractivity contribution is -0.142. The van der Waals surface area contributed by atoms with Crippen LogP contribution in [-0.4, -0.2) is 40.1 Å². The molecule has 0 saturated carbocycles. The Balaban J connectivity index is 1.39. The number of hydrogen-bond donors (Lipinski definition) is 0. The summed E-state index contributed by atoms with van der Waals surface area (Å²) in [6.07, 6.45) is 2.48. The quantitative estimate of drug-likeness (QED) is 0.412. The Morgan fingerprint density at radius 1 is 1.32 bits per heavy atom. The Kier molecular flexibility index (Phi) is 6.20. The van der Waals surface area contributed by atoms with Gasteiger partial charge in [-0.15, -0.1) is 22.7 Å². The Morgan fingerprint density at radius 3 is 2.86 bits per heavy atom. The topological polar surface area (TPSA) is 47.4 Å². The van der Waals surface area contributed by atoms with Crippen molar-refractivity contribution < 1.29 is 9.53 Å². The summed E-state index contributed by atoms with van der Waals surface area (Å²) in [6.45, 7) is 4.99. The third kappa shape index (κ3) is 4.35. The molecule has 8 heteroatoms. The first kappa shape index (κ1) is 19.7. The number of benzene rings is 1. The van der Waals surface area contributed by atoms with Gasteiger partial charge >= 0.3 is 5.97 Å². The van der Waals surface area contributed by atoms with E-state index in [0.29, 0.717) is 12.5 Å². The normalized spacial score (nSPS) is 15.9. The molecule has 148 valence electrons. The summed E-state index contributed by atoms with van der Waals surface area (Å²) in [5.41, 5.74) is 2.06. The van der Waals surface area contributed by atoms with Gasteiger partial charge in [0, 0.05) is 30.1 Å². The maximum atomic E-state index is 11.9. The van der Waals surface area contributed by atoms with Crippen LogP contribution in [0.1, 0.15) is 36.4 Å². The van der Waals surface area contributed by atoms with E-state index in [4.69, 9.17) is 21.9 Å². The Labute approximate surface area is 177 Å². The summed E-state index contributed by atoms with van der Waals surface area (Å²) >= 11 is 8.83. The van der Waals surface area contributed by atoms with Crippen LogP contribution in [0, 0.1) is 3.95 Å². The lowest BCUT2D eigenvalue weighted by Crippen LogP contribution is -2.35. The summed E-state index contributed by atoms with van der Waals surface area (Å²) in [6, 6.07) is 8.36. The van der Waals surface area contributed by atoms with Crippen LogP contribution < -0.4 is 0 Å². The number of ether oxygens (including phenoxy) is 1. The van der Waals surface area contributed by atoms with Gasteiger partial charge in [0.15, 0.2) is 3.95 Å². The van der Waals surface area contributed by atoms with Crippen molar-refractivity contribution >= 4 is 51.1 Å². The zero-order valence-corrected chi connectivity index (χ0v) is 18.2. The molecule has 2 aromatic heterocycles. The van der Waals surface area contributed by atoms with Gasteiger partial charge < -0.3 is 9.30 Å². The molecule has 0 unspecified atom stereocenters. The van der Waals surface area contributed by atoms with E-state index in [0.717, 1.165) is 47.8 Å². The second-order valence-electron chi connectivity index (χ2n) is 6.96. The molecule has 1 aliphatic rings. The molecule has 0 radical (unpaired) electrons. The molecule has 0 bridgehead atoms. The number of thiazole rings is 2. The molecule has 0 spiro atoms. The van der Waals surface area contributed by atoms with E-state index in [1.807, 2.05) is 29.7 Å². The molecule has 1 saturated heterocycles. The van der Waals surface area contributed by atoms with Gasteiger partial charge in [0.05, 0.1) is 34.9 Å². The van der Waals surface area contributed by atoms with Gasteiger partial charge in [-0.2, -0.15) is 0 Å². The zero-order valence-electron chi connectivity index (χ0n) is 15.8. The largest absolute Gasteiger partial charge is 0.466 e. The van der Waals surface area contributed by atoms with Crippen molar-refractivity contribution in [2.24, 2.45) is 0 Å². The summed E-state index contributed by atoms with van der Waals surface area (Å²) in [5.74, 6) is 0.335. The van der Waals surface area contributed by atoms with Gasteiger partial charge in [-0.3, -0.25) is 9.69 Å². The van der Waals surface area contributed by atoms with E-state index < -0.39 is 0 Å². The molecule has 4 rings (SSSR count). The van der Waals surface area contributed by atoms with Gasteiger partial charge in [-0.1, -0.05) is 12.1 Å². The van der Waals surface area contributed by atoms with Gasteiger partial charge in [0.1, 0.15) is 0 Å². The van der Waals surface area contributed by atoms with Crippen molar-refractivity contribution in [3.05, 3.63) is 44.3 Å². The van der Waals surface area contributed by atoms with Gasteiger partial charge in [0.25, 0.3) is 0 Å². The highest BCUT2D eigenvalue weighted by molar-refractivity contribution is 7.73. The second-order valence-corrected chi connectivity index (χ2v) is 9.52. The van der Waals surface area contributed by atoms with E-state index in [-0.39, 0.29) is 12.4 Å². The number of aromatic nitrogens is 2. The number of carbonyl (C=O) groups excluding carboxylic acids is 1. The van der Waals surface area contributed by atoms with Crippen molar-refractivity contribution in [1.29, 1.82) is 0 Å². The number of hydrogen-bond acceptors (Lipinski definition) is 7. The van der Waals surface area contributed by atoms with Gasteiger partial charge in [0.2, 0.25) is 0 Å². The molecule has 0 atom stereocenters. The highest BCUT2D eigenvalue weighted by Crippen LogP contribution is 2.34. The minimum atomic E-state index is -0.196. The van der Waals surface area contributed by atoms with Crippen LogP contribution in [0.25, 0.3) is 10.2 Å². The second kappa shape index (κ2) is 8.82. The smallest absolute Gasteiger partial charge is 0.311 e. The Hall–Kier alpha value is -1.61. The summed E-state index contributed by atoms with van der Waals surface area (Å²) < 4.78 is 9.25. The number of rotatable bonds is 6. The lowest BCUT2D eigenvalue weighted by Gasteiger charge is -2.31. The van der Waals surface area contributed by atoms with Crippen molar-refractivity contribution in [2.45, 2.75) is 38.8 Å². The van der Waals surface area contributed by atoms with E-state index in [1.54, 1.807) is 0 Å². The highest BCUT2D eigenvalue weighted by atomic mass is 32.1. The fraction of sp³-hybridized carbons (Fsp3) is 0.450. The van der Waals surface area contributed by atoms with Crippen molar-refractivity contribution in [1.82, 2.24) is 14.5 Å². The predicted molar refractivity (Wildman–Crippen MR) is 117 cm³/mol. The Morgan fingerprint density at radius 2 is 2.11 bits per heavy atom. The van der Waals surface area contributed by atoms with E-state index in [2.05, 4.69) is 27.7 Å². The van der Waals surface area contributed by atoms with Gasteiger partial charge in [-0.25, -0.2) is 4.98 Å². The highest BCUT2D eigenvalue weighted by Gasteiger charge is 2.24. The van der Waals surface area contributed by atoms with Crippen molar-refractivity contribution in [2.75, 3.05) is 19.7 Å². The fourth-order valence-corrected chi connectivity index (χ4v) is 5.80. The number of nitrogens with zero attached hydrogens (tertiary/aromatic N) is 3. The number of piperidine rings is 1. The minimum Gasteiger partial charge on any atom is -0.466 e. The number of likely N-dealkylation sites (tertiary alicyclic amines) is 1. The minimum absolute atomic E-state index is 0.196. The standard InChI is InChI=1S/C20H23N3O2S3/c1-2-25-18(24)11-15-12-27-20(26)23(15)13-22-9-7-14(8-10-22)19-21-16-5-3-4-6-17(16)28-19/h3-6,12,14H,2,7-11,13H2,1H3. The molecule has 3 heterocycles. The number of fused-ring (bicyclic) bond motifs is 1. The molecule has 1 aromatic carbocycles. The van der Waals surface area contributed by atoms with Gasteiger partial charge in [-0.05, 0) is 44.1 Å². The first-order valence-electron chi connectivity index (χ1n) is 9.54. The van der Waals surface area contributed by atoms with Crippen LogP contribution in [0.2, 0.25) is 0 Å². The molecular weight excluding hydrogens is 410 g/mol. The summed E-state index contributed by atoms with van der Waals surface area (Å²) in [4.78, 5) is 19.1. The molecule has 28 heavy (non-hydrogen) atoms. The fourth-order valence-electron chi connectivity index (χ4n) is 3.59. The average Bonchev–Trinajstić information content (AvgIpc) is 3.27. The predicted octanol–water partition coefficient (Wildman–Crippen LogP) is 4.83. The van der Waals surface area contributed by atoms with Crippen LogP contribution in [0.15, 0.2) is 29.6 Å². The summed E-state index contributed by atoms with van der Waals surface area (Å²) in [7, 11) is 0. The molecule has 1 aliphatic heterocycles. The van der Waals surface area contributed by atoms with Crippen molar-refractivity contribution in [3.8, 4) is 0 Å². The maximum Gasteiger partial charge on any atom is 0.311 e. The van der Waals surface area contributed by atoms with Crippen molar-refractivity contribution in [3.63, 3.8) is 0 Å². The molecule has 0 amide bonds. The first-order valence-corrected chi connectivity index (χ1v) is 11.6. The van der Waals surface area contributed by atoms with E-state index in [9.17, 15) is 4.79 Å². The number of para-hydroxylation sites is 1. The van der Waals surface area contributed by atoms with Crippen LogP contribution in [0.3, 0.4) is 0 Å². The molecule has 5 nitrogen and oxygen atoms in total. The summed E-state index contributed by atoms with van der Waals surface area (Å²) in [5, 5.41) is 3.24. The first-order chi connectivity index (χ1) is 13.6. The Bertz CT molecular complexity index is 982. The monoisotopic (exact) mass is 433 g/mol. The third-order valence-electron chi connectivity index (χ3n) is 5.08. The average molecular weight is 434 g/mol. The van der Waals surface area contributed by atoms with Crippen LogP contribution in [0.5, 0.6) is 0 Å². The molecule has 0 aliphatic carbocycles. The molecule has 1 fully saturated rings. The van der Waals surface area contributed by atoms with Crippen LogP contribution in [-0.2, 0) is 22.6 Å². The molecular formula is C20H23N3O2S3. The zero-order chi connectivity index (χ0) is 19.5. The van der Waals surface area contributed by atoms with Crippen LogP contribution >= 0.6 is 34.9 Å². The molecule has 0 N–H and O–H groups in total. The molecule has 3 aromatic rings. The lowest BCUT2D eigenvalue weighted by atomic mass is 9.98. The number of esters is 1. The van der Waals surface area contributed by atoms with E-state index in [1.165, 1.54) is 21.0 Å². The number of carbonyl (C=O) groups is 1. The third-order valence-corrected chi connectivity index (χ3v) is 7.60. The maximum absolute atomic E-state index is 11.9. The van der Waals surface area contributed by atoms with E-state index >= 15 is 0 Å².